The number of hydrogen-bond acceptors (Lipinski definition) is 3. The van der Waals surface area contributed by atoms with Crippen LogP contribution in [0.4, 0.5) is 0 Å². The third kappa shape index (κ3) is 3.70. The first-order chi connectivity index (χ1) is 13.6. The zero-order valence-electron chi connectivity index (χ0n) is 16.4. The maximum atomic E-state index is 12.8. The van der Waals surface area contributed by atoms with Crippen LogP contribution in [0.15, 0.2) is 65.8 Å². The van der Waals surface area contributed by atoms with Gasteiger partial charge in [0, 0.05) is 25.1 Å². The summed E-state index contributed by atoms with van der Waals surface area (Å²) in [5.41, 5.74) is 3.56. The van der Waals surface area contributed by atoms with Gasteiger partial charge in [0.1, 0.15) is 17.4 Å². The summed E-state index contributed by atoms with van der Waals surface area (Å²) in [6.07, 6.45) is 0.807. The van der Waals surface area contributed by atoms with E-state index in [1.54, 1.807) is 0 Å². The second-order valence-electron chi connectivity index (χ2n) is 7.52. The molecule has 4 rings (SSSR count). The van der Waals surface area contributed by atoms with E-state index in [0.717, 1.165) is 12.2 Å². The summed E-state index contributed by atoms with van der Waals surface area (Å²) in [5, 5.41) is 4.90. The molecule has 2 aromatic rings. The number of para-hydroxylation sites is 1. The number of amides is 1. The average Bonchev–Trinajstić information content (AvgIpc) is 3.12. The molecule has 2 aliphatic rings. The van der Waals surface area contributed by atoms with Crippen LogP contribution in [-0.2, 0) is 4.79 Å². The highest BCUT2D eigenvalue weighted by Crippen LogP contribution is 2.26. The van der Waals surface area contributed by atoms with Crippen LogP contribution in [0.25, 0.3) is 0 Å². The summed E-state index contributed by atoms with van der Waals surface area (Å²) >= 11 is 0. The fourth-order valence-corrected chi connectivity index (χ4v) is 3.87. The SMILES string of the molecule is CC(C)[N+]1=C(c2ccccc2)C2CN(C(=O)COc3ccccc3)CCC2=N1. The molecule has 1 amide bonds. The van der Waals surface area contributed by atoms with Crippen molar-refractivity contribution in [1.82, 2.24) is 4.90 Å². The molecule has 5 heteroatoms. The van der Waals surface area contributed by atoms with E-state index >= 15 is 0 Å². The molecule has 0 radical (unpaired) electrons. The van der Waals surface area contributed by atoms with Crippen molar-refractivity contribution < 1.29 is 14.2 Å². The first kappa shape index (κ1) is 18.4. The summed E-state index contributed by atoms with van der Waals surface area (Å²) in [7, 11) is 0. The van der Waals surface area contributed by atoms with Gasteiger partial charge in [0.15, 0.2) is 12.6 Å². The Morgan fingerprint density at radius 1 is 1.14 bits per heavy atom. The van der Waals surface area contributed by atoms with Crippen LogP contribution in [0.1, 0.15) is 25.8 Å². The lowest BCUT2D eigenvalue weighted by molar-refractivity contribution is -0.561. The molecule has 5 nitrogen and oxygen atoms in total. The molecule has 0 aliphatic carbocycles. The van der Waals surface area contributed by atoms with Crippen molar-refractivity contribution in [1.29, 1.82) is 0 Å². The number of hydrogen-bond donors (Lipinski definition) is 0. The van der Waals surface area contributed by atoms with Crippen LogP contribution >= 0.6 is 0 Å². The summed E-state index contributed by atoms with van der Waals surface area (Å²) < 4.78 is 7.79. The number of rotatable bonds is 5. The Labute approximate surface area is 165 Å². The molecule has 2 aromatic carbocycles. The van der Waals surface area contributed by atoms with E-state index in [-0.39, 0.29) is 24.5 Å². The maximum absolute atomic E-state index is 12.8. The number of fused-ring (bicyclic) bond motifs is 1. The van der Waals surface area contributed by atoms with Crippen LogP contribution in [-0.4, -0.2) is 52.7 Å². The van der Waals surface area contributed by atoms with Gasteiger partial charge in [-0.3, -0.25) is 4.79 Å². The number of carbonyl (C=O) groups excluding carboxylic acids is 1. The van der Waals surface area contributed by atoms with Gasteiger partial charge >= 0.3 is 0 Å². The second-order valence-corrected chi connectivity index (χ2v) is 7.52. The normalized spacial score (nSPS) is 18.9. The monoisotopic (exact) mass is 376 g/mol. The van der Waals surface area contributed by atoms with Crippen molar-refractivity contribution in [2.75, 3.05) is 19.7 Å². The lowest BCUT2D eigenvalue weighted by Gasteiger charge is -2.30. The number of likely N-dealkylation sites (tertiary alicyclic amines) is 1. The standard InChI is InChI=1S/C23H26N3O2/c1-17(2)26-23(18-9-5-3-6-10-18)20-15-25(14-13-21(20)24-26)22(27)16-28-19-11-7-4-8-12-19/h3-12,17,20H,13-16H2,1-2H3/q+1. The summed E-state index contributed by atoms with van der Waals surface area (Å²) in [6.45, 7) is 5.73. The number of nitrogens with zero attached hydrogens (tertiary/aromatic N) is 3. The van der Waals surface area contributed by atoms with Crippen LogP contribution in [0.2, 0.25) is 0 Å². The van der Waals surface area contributed by atoms with Crippen molar-refractivity contribution >= 4 is 17.3 Å². The lowest BCUT2D eigenvalue weighted by Crippen LogP contribution is -2.47. The zero-order valence-corrected chi connectivity index (χ0v) is 16.4. The van der Waals surface area contributed by atoms with Crippen LogP contribution in [0.3, 0.4) is 0 Å². The van der Waals surface area contributed by atoms with Crippen molar-refractivity contribution in [3.05, 3.63) is 66.2 Å². The third-order valence-electron chi connectivity index (χ3n) is 5.27. The summed E-state index contributed by atoms with van der Waals surface area (Å²) in [5.74, 6) is 0.899. The van der Waals surface area contributed by atoms with Gasteiger partial charge < -0.3 is 9.64 Å². The largest absolute Gasteiger partial charge is 0.484 e. The van der Waals surface area contributed by atoms with Gasteiger partial charge in [-0.05, 0) is 43.2 Å². The van der Waals surface area contributed by atoms with E-state index in [2.05, 4.69) is 42.8 Å². The van der Waals surface area contributed by atoms with E-state index in [4.69, 9.17) is 9.84 Å². The number of benzene rings is 2. The predicted molar refractivity (Wildman–Crippen MR) is 110 cm³/mol. The van der Waals surface area contributed by atoms with Gasteiger partial charge in [-0.1, -0.05) is 41.1 Å². The highest BCUT2D eigenvalue weighted by molar-refractivity contribution is 6.15. The minimum atomic E-state index is 0.0262. The van der Waals surface area contributed by atoms with E-state index in [0.29, 0.717) is 13.1 Å². The molecular formula is C23H26N3O2+. The van der Waals surface area contributed by atoms with E-state index < -0.39 is 0 Å². The second kappa shape index (κ2) is 7.97. The minimum absolute atomic E-state index is 0.0262. The number of ether oxygens (including phenoxy) is 1. The molecule has 2 aliphatic heterocycles. The smallest absolute Gasteiger partial charge is 0.260 e. The van der Waals surface area contributed by atoms with E-state index in [1.165, 1.54) is 17.0 Å². The van der Waals surface area contributed by atoms with Crippen molar-refractivity contribution in [2.45, 2.75) is 26.3 Å². The number of carbonyl (C=O) groups is 1. The molecule has 1 fully saturated rings. The topological polar surface area (TPSA) is 44.9 Å². The quantitative estimate of drug-likeness (QED) is 0.753. The van der Waals surface area contributed by atoms with Gasteiger partial charge in [0.25, 0.3) is 5.91 Å². The molecule has 144 valence electrons. The first-order valence-corrected chi connectivity index (χ1v) is 9.88. The highest BCUT2D eigenvalue weighted by Gasteiger charge is 2.44. The fraction of sp³-hybridized carbons (Fsp3) is 0.348. The minimum Gasteiger partial charge on any atom is -0.484 e. The molecule has 1 unspecified atom stereocenters. The van der Waals surface area contributed by atoms with E-state index in [9.17, 15) is 4.79 Å². The molecule has 0 spiro atoms. The Hall–Kier alpha value is -2.95. The predicted octanol–water partition coefficient (Wildman–Crippen LogP) is 3.19. The van der Waals surface area contributed by atoms with Crippen LogP contribution < -0.4 is 4.74 Å². The molecule has 0 saturated carbocycles. The maximum Gasteiger partial charge on any atom is 0.260 e. The zero-order chi connectivity index (χ0) is 19.5. The van der Waals surface area contributed by atoms with Gasteiger partial charge in [0.2, 0.25) is 5.71 Å². The highest BCUT2D eigenvalue weighted by atomic mass is 16.5. The fourth-order valence-electron chi connectivity index (χ4n) is 3.87. The average molecular weight is 376 g/mol. The van der Waals surface area contributed by atoms with Gasteiger partial charge in [-0.15, -0.1) is 0 Å². The molecule has 0 aromatic heterocycles. The summed E-state index contributed by atoms with van der Waals surface area (Å²) in [4.78, 5) is 14.7. The Kier molecular flexibility index (Phi) is 5.24. The number of hydrazone groups is 1. The Bertz CT molecular complexity index is 904. The lowest BCUT2D eigenvalue weighted by atomic mass is 9.88. The first-order valence-electron chi connectivity index (χ1n) is 9.88. The third-order valence-corrected chi connectivity index (χ3v) is 5.27. The van der Waals surface area contributed by atoms with Crippen LogP contribution in [0, 0.1) is 5.92 Å². The molecular weight excluding hydrogens is 350 g/mol. The summed E-state index contributed by atoms with van der Waals surface area (Å²) in [6, 6.07) is 20.1. The molecule has 0 N–H and O–H groups in total. The van der Waals surface area contributed by atoms with Crippen molar-refractivity contribution in [2.24, 2.45) is 11.0 Å². The molecule has 1 saturated heterocycles. The Balaban J connectivity index is 1.51. The van der Waals surface area contributed by atoms with Crippen molar-refractivity contribution in [3.8, 4) is 5.75 Å². The van der Waals surface area contributed by atoms with Gasteiger partial charge in [-0.2, -0.15) is 0 Å². The Morgan fingerprint density at radius 3 is 2.50 bits per heavy atom. The Morgan fingerprint density at radius 2 is 1.82 bits per heavy atom. The molecule has 1 atom stereocenters. The van der Waals surface area contributed by atoms with Gasteiger partial charge in [0.05, 0.1) is 0 Å². The molecule has 0 bridgehead atoms. The van der Waals surface area contributed by atoms with Crippen molar-refractivity contribution in [3.63, 3.8) is 0 Å². The van der Waals surface area contributed by atoms with E-state index in [1.807, 2.05) is 41.3 Å². The molecule has 28 heavy (non-hydrogen) atoms. The van der Waals surface area contributed by atoms with Crippen LogP contribution in [0.5, 0.6) is 5.75 Å². The number of piperidine rings is 1. The van der Waals surface area contributed by atoms with Gasteiger partial charge in [-0.25, -0.2) is 0 Å². The molecule has 2 heterocycles.